The summed E-state index contributed by atoms with van der Waals surface area (Å²) < 4.78 is 12.0. The van der Waals surface area contributed by atoms with E-state index in [0.29, 0.717) is 6.54 Å². The summed E-state index contributed by atoms with van der Waals surface area (Å²) in [7, 11) is 0. The lowest BCUT2D eigenvalue weighted by Crippen LogP contribution is -2.19. The van der Waals surface area contributed by atoms with Gasteiger partial charge in [0.25, 0.3) is 0 Å². The SMILES string of the molecule is C=C(C)NCC(C)F. The van der Waals surface area contributed by atoms with E-state index in [1.807, 2.05) is 6.92 Å². The fourth-order valence-electron chi connectivity index (χ4n) is 0.315. The van der Waals surface area contributed by atoms with Crippen molar-refractivity contribution in [2.24, 2.45) is 0 Å². The van der Waals surface area contributed by atoms with Gasteiger partial charge in [-0.3, -0.25) is 0 Å². The van der Waals surface area contributed by atoms with E-state index in [9.17, 15) is 4.39 Å². The van der Waals surface area contributed by atoms with E-state index in [1.165, 1.54) is 6.92 Å². The van der Waals surface area contributed by atoms with Gasteiger partial charge >= 0.3 is 0 Å². The molecule has 0 saturated heterocycles. The minimum absolute atomic E-state index is 0.370. The van der Waals surface area contributed by atoms with E-state index < -0.39 is 6.17 Å². The normalized spacial score (nSPS) is 12.9. The molecule has 1 unspecified atom stereocenters. The molecule has 0 aliphatic heterocycles. The largest absolute Gasteiger partial charge is 0.386 e. The van der Waals surface area contributed by atoms with Gasteiger partial charge in [0, 0.05) is 12.2 Å². The quantitative estimate of drug-likeness (QED) is 0.590. The number of hydrogen-bond donors (Lipinski definition) is 1. The second kappa shape index (κ2) is 3.47. The standard InChI is InChI=1S/C6H12FN/c1-5(2)8-4-6(3)7/h6,8H,1,4H2,2-3H3. The molecular weight excluding hydrogens is 105 g/mol. The van der Waals surface area contributed by atoms with Gasteiger partial charge in [0.15, 0.2) is 0 Å². The molecule has 8 heavy (non-hydrogen) atoms. The van der Waals surface area contributed by atoms with E-state index in [4.69, 9.17) is 0 Å². The highest BCUT2D eigenvalue weighted by Gasteiger charge is 1.93. The summed E-state index contributed by atoms with van der Waals surface area (Å²) in [6, 6.07) is 0. The maximum Gasteiger partial charge on any atom is 0.114 e. The molecule has 0 radical (unpaired) electrons. The van der Waals surface area contributed by atoms with Gasteiger partial charge in [-0.2, -0.15) is 0 Å². The van der Waals surface area contributed by atoms with Crippen LogP contribution in [0.3, 0.4) is 0 Å². The Kier molecular flexibility index (Phi) is 3.24. The van der Waals surface area contributed by atoms with E-state index in [0.717, 1.165) is 5.70 Å². The Labute approximate surface area is 49.6 Å². The Morgan fingerprint density at radius 2 is 2.38 bits per heavy atom. The highest BCUT2D eigenvalue weighted by atomic mass is 19.1. The number of halogens is 1. The number of rotatable bonds is 3. The minimum atomic E-state index is -0.785. The second-order valence-electron chi connectivity index (χ2n) is 1.94. The Morgan fingerprint density at radius 3 is 2.50 bits per heavy atom. The summed E-state index contributed by atoms with van der Waals surface area (Å²) >= 11 is 0. The zero-order valence-electron chi connectivity index (χ0n) is 5.37. The van der Waals surface area contributed by atoms with Gasteiger partial charge in [-0.25, -0.2) is 4.39 Å². The summed E-state index contributed by atoms with van der Waals surface area (Å²) in [5.41, 5.74) is 0.814. The molecule has 0 aliphatic carbocycles. The summed E-state index contributed by atoms with van der Waals surface area (Å²) in [6.45, 7) is 7.24. The minimum Gasteiger partial charge on any atom is -0.386 e. The van der Waals surface area contributed by atoms with Crippen molar-refractivity contribution in [2.75, 3.05) is 6.54 Å². The molecule has 0 fully saturated rings. The molecule has 0 heterocycles. The molecule has 1 nitrogen and oxygen atoms in total. The number of alkyl halides is 1. The van der Waals surface area contributed by atoms with Gasteiger partial charge < -0.3 is 5.32 Å². The van der Waals surface area contributed by atoms with Crippen molar-refractivity contribution in [1.82, 2.24) is 5.32 Å². The molecule has 0 amide bonds. The Morgan fingerprint density at radius 1 is 1.88 bits per heavy atom. The maximum atomic E-state index is 12.0. The van der Waals surface area contributed by atoms with Crippen LogP contribution in [0.15, 0.2) is 12.3 Å². The molecular formula is C6H12FN. The molecule has 0 aromatic rings. The van der Waals surface area contributed by atoms with Crippen LogP contribution >= 0.6 is 0 Å². The van der Waals surface area contributed by atoms with Crippen LogP contribution in [0.2, 0.25) is 0 Å². The van der Waals surface area contributed by atoms with Gasteiger partial charge in [0.1, 0.15) is 6.17 Å². The zero-order valence-corrected chi connectivity index (χ0v) is 5.37. The van der Waals surface area contributed by atoms with E-state index in [2.05, 4.69) is 11.9 Å². The topological polar surface area (TPSA) is 12.0 Å². The van der Waals surface area contributed by atoms with Crippen molar-refractivity contribution in [3.63, 3.8) is 0 Å². The Bertz CT molecular complexity index is 78.6. The maximum absolute atomic E-state index is 12.0. The van der Waals surface area contributed by atoms with Crippen molar-refractivity contribution in [3.8, 4) is 0 Å². The lowest BCUT2D eigenvalue weighted by atomic mass is 10.4. The van der Waals surface area contributed by atoms with Crippen LogP contribution < -0.4 is 5.32 Å². The highest BCUT2D eigenvalue weighted by molar-refractivity contribution is 4.84. The molecule has 1 N–H and O–H groups in total. The first-order valence-electron chi connectivity index (χ1n) is 2.66. The predicted molar refractivity (Wildman–Crippen MR) is 33.4 cm³/mol. The Balaban J connectivity index is 3.05. The van der Waals surface area contributed by atoms with Gasteiger partial charge in [-0.15, -0.1) is 0 Å². The molecule has 0 spiro atoms. The fraction of sp³-hybridized carbons (Fsp3) is 0.667. The van der Waals surface area contributed by atoms with Gasteiger partial charge in [-0.05, 0) is 13.8 Å². The molecule has 48 valence electrons. The Hall–Kier alpha value is -0.530. The first-order valence-corrected chi connectivity index (χ1v) is 2.66. The monoisotopic (exact) mass is 117 g/mol. The smallest absolute Gasteiger partial charge is 0.114 e. The second-order valence-corrected chi connectivity index (χ2v) is 1.94. The van der Waals surface area contributed by atoms with Crippen LogP contribution in [-0.2, 0) is 0 Å². The molecule has 2 heteroatoms. The lowest BCUT2D eigenvalue weighted by Gasteiger charge is -2.03. The van der Waals surface area contributed by atoms with Crippen LogP contribution in [0.1, 0.15) is 13.8 Å². The van der Waals surface area contributed by atoms with Crippen molar-refractivity contribution in [2.45, 2.75) is 20.0 Å². The van der Waals surface area contributed by atoms with Crippen LogP contribution in [0, 0.1) is 0 Å². The summed E-state index contributed by atoms with van der Waals surface area (Å²) in [5, 5.41) is 2.78. The van der Waals surface area contributed by atoms with Gasteiger partial charge in [0.2, 0.25) is 0 Å². The highest BCUT2D eigenvalue weighted by Crippen LogP contribution is 1.85. The van der Waals surface area contributed by atoms with E-state index in [-0.39, 0.29) is 0 Å². The number of hydrogen-bond acceptors (Lipinski definition) is 1. The van der Waals surface area contributed by atoms with Crippen LogP contribution in [-0.4, -0.2) is 12.7 Å². The van der Waals surface area contributed by atoms with Gasteiger partial charge in [-0.1, -0.05) is 6.58 Å². The van der Waals surface area contributed by atoms with E-state index in [1.54, 1.807) is 0 Å². The third-order valence-corrected chi connectivity index (χ3v) is 0.685. The summed E-state index contributed by atoms with van der Waals surface area (Å²) in [4.78, 5) is 0. The fourth-order valence-corrected chi connectivity index (χ4v) is 0.315. The van der Waals surface area contributed by atoms with Crippen molar-refractivity contribution in [1.29, 1.82) is 0 Å². The van der Waals surface area contributed by atoms with Crippen LogP contribution in [0.25, 0.3) is 0 Å². The first kappa shape index (κ1) is 7.47. The summed E-state index contributed by atoms with van der Waals surface area (Å²) in [6.07, 6.45) is -0.785. The molecule has 1 atom stereocenters. The average molecular weight is 117 g/mol. The zero-order chi connectivity index (χ0) is 6.57. The predicted octanol–water partition coefficient (Wildman–Crippen LogP) is 1.47. The third kappa shape index (κ3) is 5.47. The molecule has 0 saturated carbocycles. The van der Waals surface area contributed by atoms with Crippen molar-refractivity contribution < 1.29 is 4.39 Å². The third-order valence-electron chi connectivity index (χ3n) is 0.685. The first-order chi connectivity index (χ1) is 3.63. The van der Waals surface area contributed by atoms with Crippen molar-refractivity contribution in [3.05, 3.63) is 12.3 Å². The summed E-state index contributed by atoms with van der Waals surface area (Å²) in [5.74, 6) is 0. The van der Waals surface area contributed by atoms with Crippen molar-refractivity contribution >= 4 is 0 Å². The van der Waals surface area contributed by atoms with Crippen LogP contribution in [0.5, 0.6) is 0 Å². The number of nitrogens with one attached hydrogen (secondary N) is 1. The van der Waals surface area contributed by atoms with Crippen LogP contribution in [0.4, 0.5) is 4.39 Å². The van der Waals surface area contributed by atoms with Gasteiger partial charge in [0.05, 0.1) is 0 Å². The molecule has 0 aromatic heterocycles. The lowest BCUT2D eigenvalue weighted by molar-refractivity contribution is 0.354. The number of allylic oxidation sites excluding steroid dienone is 1. The molecule has 0 rings (SSSR count). The molecule has 0 aliphatic rings. The average Bonchev–Trinajstić information content (AvgIpc) is 1.61. The molecule has 0 bridgehead atoms. The molecule has 0 aromatic carbocycles. The van der Waals surface area contributed by atoms with E-state index >= 15 is 0 Å².